The maximum atomic E-state index is 4.53. The predicted molar refractivity (Wildman–Crippen MR) is 242 cm³/mol. The van der Waals surface area contributed by atoms with Gasteiger partial charge in [0.2, 0.25) is 0 Å². The van der Waals surface area contributed by atoms with Gasteiger partial charge in [-0.15, -0.1) is 0 Å². The number of nitrogens with one attached hydrogen (secondary N) is 1. The molecule has 2 aliphatic carbocycles. The van der Waals surface area contributed by atoms with Crippen LogP contribution in [0.15, 0.2) is 157 Å². The zero-order valence-corrected chi connectivity index (χ0v) is 34.7. The van der Waals surface area contributed by atoms with E-state index in [4.69, 9.17) is 0 Å². The molecular formula is C54H60N2. The molecule has 0 aromatic heterocycles. The van der Waals surface area contributed by atoms with Crippen LogP contribution in [-0.2, 0) is 17.3 Å². The van der Waals surface area contributed by atoms with Crippen LogP contribution in [-0.4, -0.2) is 6.54 Å². The van der Waals surface area contributed by atoms with Crippen LogP contribution < -0.4 is 10.2 Å². The molecule has 56 heavy (non-hydrogen) atoms. The Balaban J connectivity index is 1.11. The van der Waals surface area contributed by atoms with E-state index >= 15 is 0 Å². The molecule has 0 aliphatic heterocycles. The molecule has 0 saturated carbocycles. The van der Waals surface area contributed by atoms with Crippen molar-refractivity contribution in [2.24, 2.45) is 5.92 Å². The quantitative estimate of drug-likeness (QED) is 0.114. The second kappa shape index (κ2) is 16.4. The number of fused-ring (bicyclic) bond motifs is 4. The normalized spacial score (nSPS) is 16.3. The van der Waals surface area contributed by atoms with E-state index in [-0.39, 0.29) is 10.8 Å². The van der Waals surface area contributed by atoms with Gasteiger partial charge in [-0.25, -0.2) is 0 Å². The van der Waals surface area contributed by atoms with Gasteiger partial charge in [0.05, 0.1) is 0 Å². The van der Waals surface area contributed by atoms with Crippen LogP contribution in [0.2, 0.25) is 0 Å². The summed E-state index contributed by atoms with van der Waals surface area (Å²) in [6.07, 6.45) is 15.5. The number of allylic oxidation sites excluding steroid dienone is 5. The maximum absolute atomic E-state index is 4.53. The van der Waals surface area contributed by atoms with E-state index in [0.717, 1.165) is 36.3 Å². The summed E-state index contributed by atoms with van der Waals surface area (Å²) in [5, 5.41) is 3.62. The lowest BCUT2D eigenvalue weighted by atomic mass is 9.78. The van der Waals surface area contributed by atoms with Crippen LogP contribution in [0.25, 0.3) is 17.2 Å². The maximum Gasteiger partial charge on any atom is 0.0464 e. The molecule has 1 atom stereocenters. The highest BCUT2D eigenvalue weighted by Crippen LogP contribution is 2.50. The van der Waals surface area contributed by atoms with E-state index in [9.17, 15) is 0 Å². The summed E-state index contributed by atoms with van der Waals surface area (Å²) in [4.78, 5) is 2.35. The molecule has 0 radical (unpaired) electrons. The van der Waals surface area contributed by atoms with Crippen LogP contribution >= 0.6 is 0 Å². The molecule has 0 heterocycles. The molecule has 1 unspecified atom stereocenters. The van der Waals surface area contributed by atoms with Gasteiger partial charge in [-0.2, -0.15) is 0 Å². The number of rotatable bonds is 14. The number of anilines is 3. The lowest BCUT2D eigenvalue weighted by molar-refractivity contribution is 0.390. The van der Waals surface area contributed by atoms with Crippen LogP contribution in [0.5, 0.6) is 0 Å². The highest BCUT2D eigenvalue weighted by atomic mass is 15.1. The minimum absolute atomic E-state index is 0.0768. The largest absolute Gasteiger partial charge is 0.391 e. The molecule has 0 bridgehead atoms. The first-order valence-corrected chi connectivity index (χ1v) is 20.9. The van der Waals surface area contributed by atoms with Crippen LogP contribution in [0.1, 0.15) is 107 Å². The molecular weight excluding hydrogens is 677 g/mol. The number of benzene rings is 5. The second-order valence-corrected chi connectivity index (χ2v) is 16.9. The van der Waals surface area contributed by atoms with Gasteiger partial charge in [-0.3, -0.25) is 0 Å². The van der Waals surface area contributed by atoms with Crippen LogP contribution in [0, 0.1) is 5.92 Å². The minimum atomic E-state index is -0.112. The standard InChI is InChI=1S/C54H60N2/c1-9-12-31-55-37-49(40(10-2)11-3)41-27-30-48-47-29-25-39(33-51(47)54(7,8)52(48)35-41)24-23-38(4)32-43-34-42-26-28-46(36-50(42)53(43,5)6)56(44-19-15-13-16-20-44)45-21-17-14-18-22-45/h12-33,35-36,40,49,55H,4,9-11,34,37H2,1-3,5-8H3/b24-23+,31-12-,43-32+. The molecule has 2 aliphatic rings. The summed E-state index contributed by atoms with van der Waals surface area (Å²) < 4.78 is 0. The smallest absolute Gasteiger partial charge is 0.0464 e. The SMILES string of the molecule is C=C(/C=C/c1ccc2c(c1)C(C)(C)c1cc(C(CN/C=C\CC)C(CC)CC)ccc1-2)/C=C1\Cc2ccc(N(c3ccccc3)c3ccccc3)cc2C1(C)C. The van der Waals surface area contributed by atoms with Crippen molar-refractivity contribution >= 4 is 23.1 Å². The molecule has 0 amide bonds. The van der Waals surface area contributed by atoms with Crippen LogP contribution in [0.3, 0.4) is 0 Å². The highest BCUT2D eigenvalue weighted by molar-refractivity contribution is 5.82. The summed E-state index contributed by atoms with van der Waals surface area (Å²) in [5.74, 6) is 1.13. The monoisotopic (exact) mass is 736 g/mol. The van der Waals surface area contributed by atoms with Crippen molar-refractivity contribution in [1.82, 2.24) is 5.32 Å². The van der Waals surface area contributed by atoms with Crippen molar-refractivity contribution in [3.05, 3.63) is 191 Å². The Hall–Kier alpha value is -5.34. The first-order chi connectivity index (χ1) is 27.1. The fourth-order valence-electron chi connectivity index (χ4n) is 9.26. The van der Waals surface area contributed by atoms with Crippen molar-refractivity contribution in [2.45, 2.75) is 90.9 Å². The average Bonchev–Trinajstić information content (AvgIpc) is 3.59. The third kappa shape index (κ3) is 7.59. The van der Waals surface area contributed by atoms with E-state index in [1.54, 1.807) is 0 Å². The van der Waals surface area contributed by atoms with Gasteiger partial charge in [0.25, 0.3) is 0 Å². The predicted octanol–water partition coefficient (Wildman–Crippen LogP) is 14.5. The summed E-state index contributed by atoms with van der Waals surface area (Å²) in [6.45, 7) is 21.9. The van der Waals surface area contributed by atoms with E-state index in [0.29, 0.717) is 11.8 Å². The first kappa shape index (κ1) is 38.9. The number of nitrogens with zero attached hydrogens (tertiary/aromatic N) is 1. The molecule has 0 spiro atoms. The fourth-order valence-corrected chi connectivity index (χ4v) is 9.26. The third-order valence-corrected chi connectivity index (χ3v) is 12.7. The Morgan fingerprint density at radius 1 is 0.714 bits per heavy atom. The summed E-state index contributed by atoms with van der Waals surface area (Å²) in [5.41, 5.74) is 16.8. The fraction of sp³-hybridized carbons (Fsp3) is 0.296. The minimum Gasteiger partial charge on any atom is -0.391 e. The molecule has 0 fully saturated rings. The van der Waals surface area contributed by atoms with Crippen molar-refractivity contribution in [2.75, 3.05) is 11.4 Å². The zero-order chi connectivity index (χ0) is 39.5. The average molecular weight is 737 g/mol. The molecule has 2 heteroatoms. The van der Waals surface area contributed by atoms with E-state index < -0.39 is 0 Å². The summed E-state index contributed by atoms with van der Waals surface area (Å²) >= 11 is 0. The first-order valence-electron chi connectivity index (χ1n) is 20.9. The Kier molecular flexibility index (Phi) is 11.4. The Labute approximate surface area is 337 Å². The molecule has 2 nitrogen and oxygen atoms in total. The lowest BCUT2D eigenvalue weighted by Crippen LogP contribution is -2.24. The van der Waals surface area contributed by atoms with Gasteiger partial charge in [-0.05, 0) is 111 Å². The van der Waals surface area contributed by atoms with Gasteiger partial charge >= 0.3 is 0 Å². The molecule has 1 N–H and O–H groups in total. The number of hydrogen-bond acceptors (Lipinski definition) is 2. The van der Waals surface area contributed by atoms with Crippen molar-refractivity contribution in [3.63, 3.8) is 0 Å². The van der Waals surface area contributed by atoms with E-state index in [2.05, 4.69) is 211 Å². The summed E-state index contributed by atoms with van der Waals surface area (Å²) in [7, 11) is 0. The molecule has 5 aromatic rings. The van der Waals surface area contributed by atoms with Gasteiger partial charge in [0, 0.05) is 40.4 Å². The molecule has 0 saturated heterocycles. The Morgan fingerprint density at radius 3 is 2.00 bits per heavy atom. The summed E-state index contributed by atoms with van der Waals surface area (Å²) in [6, 6.07) is 42.6. The van der Waals surface area contributed by atoms with E-state index in [1.165, 1.54) is 68.6 Å². The molecule has 5 aromatic carbocycles. The molecule has 7 rings (SSSR count). The van der Waals surface area contributed by atoms with Crippen molar-refractivity contribution in [1.29, 1.82) is 0 Å². The van der Waals surface area contributed by atoms with Gasteiger partial charge in [0.1, 0.15) is 0 Å². The highest BCUT2D eigenvalue weighted by Gasteiger charge is 2.37. The third-order valence-electron chi connectivity index (χ3n) is 12.7. The lowest BCUT2D eigenvalue weighted by Gasteiger charge is -2.28. The van der Waals surface area contributed by atoms with Gasteiger partial charge in [-0.1, -0.05) is 177 Å². The Morgan fingerprint density at radius 2 is 1.36 bits per heavy atom. The van der Waals surface area contributed by atoms with E-state index in [1.807, 2.05) is 0 Å². The zero-order valence-electron chi connectivity index (χ0n) is 34.7. The van der Waals surface area contributed by atoms with Gasteiger partial charge in [0.15, 0.2) is 0 Å². The van der Waals surface area contributed by atoms with Gasteiger partial charge < -0.3 is 10.2 Å². The Bertz CT molecular complexity index is 2220. The van der Waals surface area contributed by atoms with Crippen molar-refractivity contribution < 1.29 is 0 Å². The van der Waals surface area contributed by atoms with Crippen molar-refractivity contribution in [3.8, 4) is 11.1 Å². The molecule has 286 valence electrons. The second-order valence-electron chi connectivity index (χ2n) is 16.9. The number of hydrogen-bond donors (Lipinski definition) is 1. The number of para-hydroxylation sites is 2. The van der Waals surface area contributed by atoms with Crippen LogP contribution in [0.4, 0.5) is 17.1 Å². The topological polar surface area (TPSA) is 15.3 Å².